The van der Waals surface area contributed by atoms with Crippen molar-refractivity contribution in [3.05, 3.63) is 192 Å². The van der Waals surface area contributed by atoms with E-state index in [0.29, 0.717) is 6.67 Å². The fourth-order valence-electron chi connectivity index (χ4n) is 9.05. The van der Waals surface area contributed by atoms with Crippen molar-refractivity contribution in [2.75, 3.05) is 16.5 Å². The first-order valence-electron chi connectivity index (χ1n) is 21.2. The van der Waals surface area contributed by atoms with Gasteiger partial charge in [-0.05, 0) is 150 Å². The predicted molar refractivity (Wildman–Crippen MR) is 256 cm³/mol. The van der Waals surface area contributed by atoms with E-state index >= 15 is 0 Å². The first-order chi connectivity index (χ1) is 29.5. The molecule has 7 aromatic carbocycles. The summed E-state index contributed by atoms with van der Waals surface area (Å²) in [6.45, 7) is 16.2. The Hall–Kier alpha value is -7.11. The third kappa shape index (κ3) is 6.90. The fraction of sp³-hybridized carbons (Fsp3) is 0.161. The molecule has 10 rings (SSSR count). The Labute approximate surface area is 359 Å². The van der Waals surface area contributed by atoms with Crippen molar-refractivity contribution in [1.82, 2.24) is 9.55 Å². The van der Waals surface area contributed by atoms with Gasteiger partial charge in [0.05, 0.1) is 22.4 Å². The van der Waals surface area contributed by atoms with Crippen LogP contribution in [-0.4, -0.2) is 16.2 Å². The second-order valence-electron chi connectivity index (χ2n) is 17.6. The Kier molecular flexibility index (Phi) is 9.29. The van der Waals surface area contributed by atoms with E-state index in [-0.39, 0.29) is 5.41 Å². The number of pyridine rings is 1. The van der Waals surface area contributed by atoms with Crippen molar-refractivity contribution in [3.8, 4) is 39.6 Å². The van der Waals surface area contributed by atoms with Crippen LogP contribution < -0.4 is 14.5 Å². The fourth-order valence-corrected chi connectivity index (χ4v) is 9.05. The Bertz CT molecular complexity index is 3120. The summed E-state index contributed by atoms with van der Waals surface area (Å²) >= 11 is 0. The first kappa shape index (κ1) is 38.1. The third-order valence-corrected chi connectivity index (χ3v) is 12.4. The lowest BCUT2D eigenvalue weighted by molar-refractivity contribution is 0.483. The van der Waals surface area contributed by atoms with Gasteiger partial charge < -0.3 is 14.5 Å². The Morgan fingerprint density at radius 2 is 1.15 bits per heavy atom. The number of aryl methyl sites for hydroxylation is 4. The van der Waals surface area contributed by atoms with Gasteiger partial charge in [-0.25, -0.2) is 4.98 Å². The molecule has 9 aromatic rings. The van der Waals surface area contributed by atoms with Gasteiger partial charge in [0.15, 0.2) is 0 Å². The van der Waals surface area contributed by atoms with Crippen molar-refractivity contribution in [1.29, 1.82) is 0 Å². The van der Waals surface area contributed by atoms with Crippen LogP contribution in [0, 0.1) is 27.7 Å². The number of para-hydroxylation sites is 1. The molecule has 5 nitrogen and oxygen atoms in total. The molecule has 1 aliphatic rings. The number of benzene rings is 7. The molecule has 0 fully saturated rings. The number of rotatable bonds is 7. The van der Waals surface area contributed by atoms with Crippen molar-refractivity contribution < 1.29 is 4.74 Å². The zero-order valence-electron chi connectivity index (χ0n) is 36.0. The molecule has 2 aromatic heterocycles. The Morgan fingerprint density at radius 1 is 0.492 bits per heavy atom. The molecular weight excluding hydrogens is 745 g/mol. The highest BCUT2D eigenvalue weighted by molar-refractivity contribution is 6.09. The molecule has 0 amide bonds. The zero-order valence-corrected chi connectivity index (χ0v) is 36.0. The van der Waals surface area contributed by atoms with Gasteiger partial charge in [-0.1, -0.05) is 99.6 Å². The number of anilines is 4. The van der Waals surface area contributed by atoms with E-state index in [4.69, 9.17) is 9.72 Å². The summed E-state index contributed by atoms with van der Waals surface area (Å²) in [6, 6.07) is 56.9. The number of fused-ring (bicyclic) bond motifs is 4. The van der Waals surface area contributed by atoms with Gasteiger partial charge in [-0.2, -0.15) is 0 Å². The average molecular weight is 795 g/mol. The molecule has 1 aliphatic heterocycles. The van der Waals surface area contributed by atoms with E-state index in [1.165, 1.54) is 61.3 Å². The quantitative estimate of drug-likeness (QED) is 0.161. The summed E-state index contributed by atoms with van der Waals surface area (Å²) < 4.78 is 9.30. The monoisotopic (exact) mass is 794 g/mol. The average Bonchev–Trinajstić information content (AvgIpc) is 3.79. The van der Waals surface area contributed by atoms with Crippen molar-refractivity contribution in [2.45, 2.75) is 53.9 Å². The normalized spacial score (nSPS) is 12.7. The number of aromatic nitrogens is 2. The smallest absolute Gasteiger partial charge is 0.137 e. The minimum Gasteiger partial charge on any atom is -0.457 e. The third-order valence-electron chi connectivity index (χ3n) is 12.4. The maximum atomic E-state index is 7.03. The zero-order chi connectivity index (χ0) is 42.0. The van der Waals surface area contributed by atoms with Crippen LogP contribution in [0.4, 0.5) is 22.7 Å². The van der Waals surface area contributed by atoms with Crippen LogP contribution in [0.2, 0.25) is 0 Å². The van der Waals surface area contributed by atoms with E-state index in [1.807, 2.05) is 6.20 Å². The van der Waals surface area contributed by atoms with Crippen LogP contribution in [0.15, 0.2) is 164 Å². The molecular formula is C56H50N4O. The lowest BCUT2D eigenvalue weighted by atomic mass is 9.88. The van der Waals surface area contributed by atoms with Gasteiger partial charge in [0, 0.05) is 40.5 Å². The van der Waals surface area contributed by atoms with Crippen LogP contribution in [0.1, 0.15) is 48.6 Å². The minimum atomic E-state index is -0.0144. The van der Waals surface area contributed by atoms with Gasteiger partial charge in [-0.3, -0.25) is 4.57 Å². The lowest BCUT2D eigenvalue weighted by Gasteiger charge is -2.24. The maximum absolute atomic E-state index is 7.03. The summed E-state index contributed by atoms with van der Waals surface area (Å²) in [6.07, 6.45) is 1.93. The van der Waals surface area contributed by atoms with Crippen molar-refractivity contribution in [2.24, 2.45) is 0 Å². The molecule has 0 radical (unpaired) electrons. The van der Waals surface area contributed by atoms with E-state index in [9.17, 15) is 0 Å². The summed E-state index contributed by atoms with van der Waals surface area (Å²) in [5, 5.41) is 2.34. The van der Waals surface area contributed by atoms with E-state index in [0.717, 1.165) is 50.7 Å². The highest BCUT2D eigenvalue weighted by Gasteiger charge is 2.30. The predicted octanol–water partition coefficient (Wildman–Crippen LogP) is 15.1. The molecule has 0 atom stereocenters. The van der Waals surface area contributed by atoms with Gasteiger partial charge in [-0.15, -0.1) is 0 Å². The first-order valence-corrected chi connectivity index (χ1v) is 21.2. The standard InChI is InChI=1S/C56H50N4O/c1-36-15-13-16-37(2)55(36)42-30-45(59-35-58(52-27-38(3)39(4)28-53(52)59)44-20-14-19-41(29-44)40-17-9-8-10-18-40)33-47(31-42)61-46-23-24-49-48-21-11-12-22-50(48)60(51(49)34-46)54-32-43(25-26-57-54)56(5,6)7/h8-34H,35H2,1-7H3. The van der Waals surface area contributed by atoms with Crippen LogP contribution in [0.5, 0.6) is 11.5 Å². The summed E-state index contributed by atoms with van der Waals surface area (Å²) in [5.74, 6) is 2.44. The van der Waals surface area contributed by atoms with E-state index in [1.54, 1.807) is 0 Å². The summed E-state index contributed by atoms with van der Waals surface area (Å²) in [4.78, 5) is 9.80. The lowest BCUT2D eigenvalue weighted by Crippen LogP contribution is -2.24. The minimum absolute atomic E-state index is 0.0144. The molecule has 61 heavy (non-hydrogen) atoms. The maximum Gasteiger partial charge on any atom is 0.137 e. The van der Waals surface area contributed by atoms with Crippen molar-refractivity contribution in [3.63, 3.8) is 0 Å². The van der Waals surface area contributed by atoms with Crippen LogP contribution in [0.25, 0.3) is 49.9 Å². The molecule has 0 aliphatic carbocycles. The highest BCUT2D eigenvalue weighted by atomic mass is 16.5. The van der Waals surface area contributed by atoms with E-state index < -0.39 is 0 Å². The summed E-state index contributed by atoms with van der Waals surface area (Å²) in [5.41, 5.74) is 17.7. The number of nitrogens with zero attached hydrogens (tertiary/aromatic N) is 4. The number of hydrogen-bond acceptors (Lipinski definition) is 4. The second kappa shape index (κ2) is 14.9. The molecule has 3 heterocycles. The molecule has 0 saturated heterocycles. The van der Waals surface area contributed by atoms with Gasteiger partial charge in [0.2, 0.25) is 0 Å². The van der Waals surface area contributed by atoms with Crippen LogP contribution >= 0.6 is 0 Å². The molecule has 0 saturated carbocycles. The van der Waals surface area contributed by atoms with Gasteiger partial charge >= 0.3 is 0 Å². The SMILES string of the molecule is Cc1cc2c(cc1C)N(c1cc(Oc3ccc4c5ccccc5n(-c5cc(C(C)(C)C)ccn5)c4c3)cc(-c3c(C)cccc3C)c1)CN2c1cccc(-c2ccccc2)c1. The molecule has 0 N–H and O–H groups in total. The molecule has 0 bridgehead atoms. The molecule has 5 heteroatoms. The number of ether oxygens (including phenoxy) is 1. The Morgan fingerprint density at radius 3 is 1.90 bits per heavy atom. The van der Waals surface area contributed by atoms with Crippen LogP contribution in [0.3, 0.4) is 0 Å². The largest absolute Gasteiger partial charge is 0.457 e. The topological polar surface area (TPSA) is 33.5 Å². The van der Waals surface area contributed by atoms with E-state index in [2.05, 4.69) is 221 Å². The molecule has 0 unspecified atom stereocenters. The van der Waals surface area contributed by atoms with Crippen LogP contribution in [-0.2, 0) is 5.41 Å². The van der Waals surface area contributed by atoms with Gasteiger partial charge in [0.1, 0.15) is 24.0 Å². The summed E-state index contributed by atoms with van der Waals surface area (Å²) in [7, 11) is 0. The molecule has 300 valence electrons. The number of hydrogen-bond donors (Lipinski definition) is 0. The van der Waals surface area contributed by atoms with Gasteiger partial charge in [0.25, 0.3) is 0 Å². The second-order valence-corrected chi connectivity index (χ2v) is 17.6. The molecule has 0 spiro atoms. The Balaban J connectivity index is 1.11. The highest BCUT2D eigenvalue weighted by Crippen LogP contribution is 2.48. The van der Waals surface area contributed by atoms with Crippen molar-refractivity contribution >= 4 is 44.6 Å².